The summed E-state index contributed by atoms with van der Waals surface area (Å²) in [7, 11) is 4.77. The summed E-state index contributed by atoms with van der Waals surface area (Å²) in [6.45, 7) is 0. The largest absolute Gasteiger partial charge is 0.493 e. The Morgan fingerprint density at radius 2 is 1.74 bits per heavy atom. The number of fused-ring (bicyclic) bond motifs is 1. The van der Waals surface area contributed by atoms with Crippen LogP contribution >= 0.6 is 11.3 Å². The number of rotatable bonds is 5. The van der Waals surface area contributed by atoms with Crippen LogP contribution in [0.2, 0.25) is 0 Å². The minimum atomic E-state index is 0.572. The molecular formula is C17H16N2O3S. The van der Waals surface area contributed by atoms with Gasteiger partial charge in [0.1, 0.15) is 0 Å². The molecule has 0 radical (unpaired) electrons. The summed E-state index contributed by atoms with van der Waals surface area (Å²) in [5.41, 5.74) is 1.86. The van der Waals surface area contributed by atoms with E-state index in [-0.39, 0.29) is 0 Å². The number of benzene rings is 1. The van der Waals surface area contributed by atoms with Crippen molar-refractivity contribution in [2.45, 2.75) is 0 Å². The topological polar surface area (TPSA) is 53.5 Å². The summed E-state index contributed by atoms with van der Waals surface area (Å²) >= 11 is 1.63. The van der Waals surface area contributed by atoms with E-state index >= 15 is 0 Å². The van der Waals surface area contributed by atoms with Crippen LogP contribution < -0.4 is 14.2 Å². The van der Waals surface area contributed by atoms with Gasteiger partial charge in [0.15, 0.2) is 17.3 Å². The van der Waals surface area contributed by atoms with Gasteiger partial charge in [-0.25, -0.2) is 9.97 Å². The maximum absolute atomic E-state index is 5.35. The lowest BCUT2D eigenvalue weighted by molar-refractivity contribution is 0.324. The number of hydrogen-bond acceptors (Lipinski definition) is 6. The Kier molecular flexibility index (Phi) is 4.43. The second-order valence-corrected chi connectivity index (χ2v) is 5.64. The maximum Gasteiger partial charge on any atom is 0.203 e. The van der Waals surface area contributed by atoms with Crippen molar-refractivity contribution in [3.8, 4) is 17.2 Å². The van der Waals surface area contributed by atoms with Gasteiger partial charge in [-0.05, 0) is 35.2 Å². The lowest BCUT2D eigenvalue weighted by Crippen LogP contribution is -1.95. The SMILES string of the molecule is COc1cc(C=Cc2ncc3sccc3n2)cc(OC)c1OC. The van der Waals surface area contributed by atoms with Crippen molar-refractivity contribution in [2.24, 2.45) is 0 Å². The van der Waals surface area contributed by atoms with Crippen molar-refractivity contribution in [1.29, 1.82) is 0 Å². The molecule has 6 heteroatoms. The molecule has 118 valence electrons. The standard InChI is InChI=1S/C17H16N2O3S/c1-20-13-8-11(9-14(21-2)17(13)22-3)4-5-16-18-10-15-12(19-16)6-7-23-15/h4-10H,1-3H3. The lowest BCUT2D eigenvalue weighted by Gasteiger charge is -2.12. The van der Waals surface area contributed by atoms with Crippen LogP contribution in [0.5, 0.6) is 17.2 Å². The highest BCUT2D eigenvalue weighted by atomic mass is 32.1. The van der Waals surface area contributed by atoms with Crippen LogP contribution in [0.3, 0.4) is 0 Å². The van der Waals surface area contributed by atoms with E-state index in [9.17, 15) is 0 Å². The summed E-state index contributed by atoms with van der Waals surface area (Å²) in [6.07, 6.45) is 5.61. The van der Waals surface area contributed by atoms with E-state index in [4.69, 9.17) is 14.2 Å². The minimum Gasteiger partial charge on any atom is -0.493 e. The molecule has 1 aromatic carbocycles. The Balaban J connectivity index is 1.94. The molecule has 0 bridgehead atoms. The van der Waals surface area contributed by atoms with Crippen LogP contribution in [0, 0.1) is 0 Å². The van der Waals surface area contributed by atoms with Gasteiger partial charge in [0, 0.05) is 6.20 Å². The number of hydrogen-bond donors (Lipinski definition) is 0. The first-order chi connectivity index (χ1) is 11.2. The number of aromatic nitrogens is 2. The Morgan fingerprint density at radius 1 is 1.00 bits per heavy atom. The molecule has 0 atom stereocenters. The maximum atomic E-state index is 5.35. The Labute approximate surface area is 138 Å². The molecule has 23 heavy (non-hydrogen) atoms. The van der Waals surface area contributed by atoms with Crippen LogP contribution in [0.15, 0.2) is 29.8 Å². The molecule has 0 aliphatic heterocycles. The molecule has 0 spiro atoms. The summed E-state index contributed by atoms with van der Waals surface area (Å²) in [5.74, 6) is 2.45. The predicted molar refractivity (Wildman–Crippen MR) is 92.4 cm³/mol. The van der Waals surface area contributed by atoms with Gasteiger partial charge in [-0.15, -0.1) is 11.3 Å². The third-order valence-electron chi connectivity index (χ3n) is 3.33. The molecule has 2 heterocycles. The highest BCUT2D eigenvalue weighted by Crippen LogP contribution is 2.38. The zero-order chi connectivity index (χ0) is 16.2. The molecule has 5 nitrogen and oxygen atoms in total. The van der Waals surface area contributed by atoms with Crippen LogP contribution in [0.4, 0.5) is 0 Å². The molecule has 3 rings (SSSR count). The summed E-state index contributed by atoms with van der Waals surface area (Å²) in [6, 6.07) is 5.74. The normalized spacial score (nSPS) is 11.1. The highest BCUT2D eigenvalue weighted by molar-refractivity contribution is 7.17. The van der Waals surface area contributed by atoms with Crippen LogP contribution in [0.25, 0.3) is 22.4 Å². The minimum absolute atomic E-state index is 0.572. The summed E-state index contributed by atoms with van der Waals surface area (Å²) in [5, 5.41) is 2.01. The Hall–Kier alpha value is -2.60. The average Bonchev–Trinajstić information content (AvgIpc) is 3.06. The fraction of sp³-hybridized carbons (Fsp3) is 0.176. The molecule has 0 saturated heterocycles. The van der Waals surface area contributed by atoms with Gasteiger partial charge in [-0.3, -0.25) is 0 Å². The van der Waals surface area contributed by atoms with Crippen LogP contribution in [-0.4, -0.2) is 31.3 Å². The second-order valence-electron chi connectivity index (χ2n) is 4.69. The molecule has 0 amide bonds. The van der Waals surface area contributed by atoms with Crippen molar-refractivity contribution >= 4 is 33.7 Å². The first-order valence-corrected chi connectivity index (χ1v) is 7.81. The second kappa shape index (κ2) is 6.66. The number of methoxy groups -OCH3 is 3. The van der Waals surface area contributed by atoms with E-state index in [1.165, 1.54) is 0 Å². The number of ether oxygens (including phenoxy) is 3. The van der Waals surface area contributed by atoms with Crippen molar-refractivity contribution in [2.75, 3.05) is 21.3 Å². The third kappa shape index (κ3) is 3.12. The molecule has 3 aromatic rings. The van der Waals surface area contributed by atoms with Crippen molar-refractivity contribution in [1.82, 2.24) is 9.97 Å². The van der Waals surface area contributed by atoms with Crippen LogP contribution in [0.1, 0.15) is 11.4 Å². The lowest BCUT2D eigenvalue weighted by atomic mass is 10.1. The summed E-state index contributed by atoms with van der Waals surface area (Å²) in [4.78, 5) is 8.83. The van der Waals surface area contributed by atoms with Gasteiger partial charge in [0.05, 0.1) is 31.5 Å². The Bertz CT molecular complexity index is 833. The fourth-order valence-electron chi connectivity index (χ4n) is 2.23. The number of nitrogens with zero attached hydrogens (tertiary/aromatic N) is 2. The molecule has 0 N–H and O–H groups in total. The van der Waals surface area contributed by atoms with Crippen molar-refractivity contribution in [3.05, 3.63) is 41.2 Å². The molecule has 0 saturated carbocycles. The molecule has 0 aliphatic rings. The van der Waals surface area contributed by atoms with Gasteiger partial charge < -0.3 is 14.2 Å². The molecule has 2 aromatic heterocycles. The molecule has 0 aliphatic carbocycles. The van der Waals surface area contributed by atoms with E-state index in [2.05, 4.69) is 9.97 Å². The average molecular weight is 328 g/mol. The van der Waals surface area contributed by atoms with E-state index < -0.39 is 0 Å². The van der Waals surface area contributed by atoms with Crippen LogP contribution in [-0.2, 0) is 0 Å². The molecular weight excluding hydrogens is 312 g/mol. The van der Waals surface area contributed by atoms with Gasteiger partial charge in [-0.2, -0.15) is 0 Å². The van der Waals surface area contributed by atoms with E-state index in [0.29, 0.717) is 23.1 Å². The van der Waals surface area contributed by atoms with Crippen molar-refractivity contribution < 1.29 is 14.2 Å². The molecule has 0 fully saturated rings. The first kappa shape index (κ1) is 15.3. The molecule has 0 unspecified atom stereocenters. The smallest absolute Gasteiger partial charge is 0.203 e. The van der Waals surface area contributed by atoms with Gasteiger partial charge >= 0.3 is 0 Å². The number of thiophene rings is 1. The van der Waals surface area contributed by atoms with E-state index in [0.717, 1.165) is 15.8 Å². The van der Waals surface area contributed by atoms with Gasteiger partial charge in [0.2, 0.25) is 5.75 Å². The zero-order valence-electron chi connectivity index (χ0n) is 13.1. The Morgan fingerprint density at radius 3 is 2.39 bits per heavy atom. The zero-order valence-corrected chi connectivity index (χ0v) is 13.9. The first-order valence-electron chi connectivity index (χ1n) is 6.93. The fourth-order valence-corrected chi connectivity index (χ4v) is 2.92. The predicted octanol–water partition coefficient (Wildman–Crippen LogP) is 3.89. The van der Waals surface area contributed by atoms with E-state index in [1.807, 2.05) is 41.9 Å². The quantitative estimate of drug-likeness (QED) is 0.711. The van der Waals surface area contributed by atoms with Gasteiger partial charge in [0.25, 0.3) is 0 Å². The highest BCUT2D eigenvalue weighted by Gasteiger charge is 2.12. The van der Waals surface area contributed by atoms with E-state index in [1.54, 1.807) is 32.7 Å². The van der Waals surface area contributed by atoms with Gasteiger partial charge in [-0.1, -0.05) is 6.08 Å². The monoisotopic (exact) mass is 328 g/mol. The third-order valence-corrected chi connectivity index (χ3v) is 4.18. The summed E-state index contributed by atoms with van der Waals surface area (Å²) < 4.78 is 17.1. The van der Waals surface area contributed by atoms with Crippen molar-refractivity contribution in [3.63, 3.8) is 0 Å².